The van der Waals surface area contributed by atoms with Crippen molar-refractivity contribution in [2.75, 3.05) is 6.61 Å². The van der Waals surface area contributed by atoms with Gasteiger partial charge in [-0.15, -0.1) is 0 Å². The van der Waals surface area contributed by atoms with E-state index in [4.69, 9.17) is 9.84 Å². The minimum absolute atomic E-state index is 0.348. The van der Waals surface area contributed by atoms with Crippen molar-refractivity contribution in [3.05, 3.63) is 29.8 Å². The minimum Gasteiger partial charge on any atom is -0.494 e. The number of hydrogen-bond donors (Lipinski definition) is 1. The lowest BCUT2D eigenvalue weighted by molar-refractivity contribution is -0.147. The molecule has 0 unspecified atom stereocenters. The third-order valence-electron chi connectivity index (χ3n) is 3.23. The van der Waals surface area contributed by atoms with Gasteiger partial charge in [0.2, 0.25) is 0 Å². The Bertz CT molecular complexity index is 464. The van der Waals surface area contributed by atoms with Crippen LogP contribution in [0.5, 0.6) is 5.75 Å². The van der Waals surface area contributed by atoms with Gasteiger partial charge in [0.25, 0.3) is 0 Å². The maximum Gasteiger partial charge on any atom is 0.416 e. The molecule has 0 saturated heterocycles. The molecule has 0 atom stereocenters. The Kier molecular flexibility index (Phi) is 5.63. The van der Waals surface area contributed by atoms with E-state index < -0.39 is 23.1 Å². The third-order valence-corrected chi connectivity index (χ3v) is 3.23. The lowest BCUT2D eigenvalue weighted by Crippen LogP contribution is -2.23. The molecule has 0 fully saturated rings. The highest BCUT2D eigenvalue weighted by atomic mass is 19.4. The molecule has 21 heavy (non-hydrogen) atoms. The molecular formula is C15H19F3O3. The quantitative estimate of drug-likeness (QED) is 0.761. The van der Waals surface area contributed by atoms with E-state index >= 15 is 0 Å². The fourth-order valence-electron chi connectivity index (χ4n) is 1.71. The van der Waals surface area contributed by atoms with Crippen molar-refractivity contribution in [2.45, 2.75) is 39.3 Å². The van der Waals surface area contributed by atoms with E-state index in [1.807, 2.05) is 0 Å². The second-order valence-corrected chi connectivity index (χ2v) is 5.52. The van der Waals surface area contributed by atoms with Crippen LogP contribution in [0.15, 0.2) is 24.3 Å². The molecule has 0 aliphatic heterocycles. The monoisotopic (exact) mass is 304 g/mol. The number of carboxylic acid groups (broad SMARTS) is 1. The van der Waals surface area contributed by atoms with Gasteiger partial charge in [-0.1, -0.05) is 0 Å². The second-order valence-electron chi connectivity index (χ2n) is 5.52. The summed E-state index contributed by atoms with van der Waals surface area (Å²) in [5.74, 6) is -0.466. The summed E-state index contributed by atoms with van der Waals surface area (Å²) in [4.78, 5) is 10.9. The van der Waals surface area contributed by atoms with Gasteiger partial charge in [-0.3, -0.25) is 4.79 Å². The van der Waals surface area contributed by atoms with Gasteiger partial charge in [-0.2, -0.15) is 13.2 Å². The summed E-state index contributed by atoms with van der Waals surface area (Å²) in [6, 6.07) is 4.51. The van der Waals surface area contributed by atoms with Crippen molar-refractivity contribution in [1.29, 1.82) is 0 Å². The molecule has 1 rings (SSSR count). The van der Waals surface area contributed by atoms with Crippen molar-refractivity contribution >= 4 is 5.97 Å². The Morgan fingerprint density at radius 2 is 1.71 bits per heavy atom. The summed E-state index contributed by atoms with van der Waals surface area (Å²) in [5, 5.41) is 8.94. The minimum atomic E-state index is -4.35. The highest BCUT2D eigenvalue weighted by molar-refractivity contribution is 5.73. The van der Waals surface area contributed by atoms with Gasteiger partial charge in [0, 0.05) is 0 Å². The highest BCUT2D eigenvalue weighted by Crippen LogP contribution is 2.30. The molecule has 0 aliphatic carbocycles. The molecule has 118 valence electrons. The zero-order valence-corrected chi connectivity index (χ0v) is 12.0. The molecule has 1 aromatic rings. The van der Waals surface area contributed by atoms with E-state index in [-0.39, 0.29) is 0 Å². The molecule has 0 radical (unpaired) electrons. The number of unbranched alkanes of at least 4 members (excludes halogenated alkanes) is 1. The van der Waals surface area contributed by atoms with Gasteiger partial charge in [0.15, 0.2) is 0 Å². The molecule has 0 saturated carbocycles. The second kappa shape index (κ2) is 6.83. The van der Waals surface area contributed by atoms with Gasteiger partial charge in [-0.05, 0) is 57.4 Å². The van der Waals surface area contributed by atoms with Crippen LogP contribution in [-0.4, -0.2) is 17.7 Å². The van der Waals surface area contributed by atoms with Gasteiger partial charge >= 0.3 is 12.1 Å². The fraction of sp³-hybridized carbons (Fsp3) is 0.533. The summed E-state index contributed by atoms with van der Waals surface area (Å²) in [6.07, 6.45) is -2.49. The first-order valence-electron chi connectivity index (χ1n) is 6.66. The summed E-state index contributed by atoms with van der Waals surface area (Å²) < 4.78 is 42.4. The fourth-order valence-corrected chi connectivity index (χ4v) is 1.71. The molecule has 3 nitrogen and oxygen atoms in total. The summed E-state index contributed by atoms with van der Waals surface area (Å²) >= 11 is 0. The number of carbonyl (C=O) groups is 1. The van der Waals surface area contributed by atoms with Gasteiger partial charge in [0.1, 0.15) is 5.75 Å². The Labute approximate surface area is 121 Å². The van der Waals surface area contributed by atoms with Crippen molar-refractivity contribution in [2.24, 2.45) is 5.41 Å². The smallest absolute Gasteiger partial charge is 0.416 e. The Balaban J connectivity index is 2.32. The maximum absolute atomic E-state index is 12.4. The van der Waals surface area contributed by atoms with Crippen molar-refractivity contribution in [3.63, 3.8) is 0 Å². The predicted molar refractivity (Wildman–Crippen MR) is 72.2 cm³/mol. The van der Waals surface area contributed by atoms with Crippen molar-refractivity contribution < 1.29 is 27.8 Å². The molecule has 0 heterocycles. The average Bonchev–Trinajstić information content (AvgIpc) is 2.37. The summed E-state index contributed by atoms with van der Waals surface area (Å²) in [5.41, 5.74) is -1.48. The lowest BCUT2D eigenvalue weighted by Gasteiger charge is -2.18. The molecule has 0 aliphatic rings. The van der Waals surface area contributed by atoms with Crippen LogP contribution >= 0.6 is 0 Å². The SMILES string of the molecule is CC(C)(CCCCOc1ccc(C(F)(F)F)cc1)C(=O)O. The molecule has 1 aromatic carbocycles. The first kappa shape index (κ1) is 17.3. The highest BCUT2D eigenvalue weighted by Gasteiger charge is 2.30. The topological polar surface area (TPSA) is 46.5 Å². The van der Waals surface area contributed by atoms with E-state index in [1.165, 1.54) is 12.1 Å². The van der Waals surface area contributed by atoms with E-state index in [9.17, 15) is 18.0 Å². The third kappa shape index (κ3) is 5.65. The van der Waals surface area contributed by atoms with Crippen LogP contribution in [0.2, 0.25) is 0 Å². The lowest BCUT2D eigenvalue weighted by atomic mass is 9.87. The molecule has 1 N–H and O–H groups in total. The molecule has 6 heteroatoms. The number of aliphatic carboxylic acids is 1. The maximum atomic E-state index is 12.4. The van der Waals surface area contributed by atoms with Crippen LogP contribution in [0.25, 0.3) is 0 Å². The van der Waals surface area contributed by atoms with E-state index in [0.29, 0.717) is 31.6 Å². The van der Waals surface area contributed by atoms with Crippen LogP contribution in [0.4, 0.5) is 13.2 Å². The standard InChI is InChI=1S/C15H19F3O3/c1-14(2,13(19)20)9-3-4-10-21-12-7-5-11(6-8-12)15(16,17)18/h5-8H,3-4,9-10H2,1-2H3,(H,19,20). The van der Waals surface area contributed by atoms with Crippen molar-refractivity contribution in [3.8, 4) is 5.75 Å². The van der Waals surface area contributed by atoms with Crippen LogP contribution in [0.3, 0.4) is 0 Å². The summed E-state index contributed by atoms with van der Waals surface area (Å²) in [6.45, 7) is 3.67. The zero-order chi connectivity index (χ0) is 16.1. The largest absolute Gasteiger partial charge is 0.494 e. The molecular weight excluding hydrogens is 285 g/mol. The van der Waals surface area contributed by atoms with Crippen molar-refractivity contribution in [1.82, 2.24) is 0 Å². The number of alkyl halides is 3. The number of hydrogen-bond acceptors (Lipinski definition) is 2. The van der Waals surface area contributed by atoms with Crippen LogP contribution in [0.1, 0.15) is 38.7 Å². The van der Waals surface area contributed by atoms with Gasteiger partial charge < -0.3 is 9.84 Å². The average molecular weight is 304 g/mol. The summed E-state index contributed by atoms with van der Waals surface area (Å²) in [7, 11) is 0. The predicted octanol–water partition coefficient (Wildman–Crippen LogP) is 4.37. The number of rotatable bonds is 7. The molecule has 0 amide bonds. The Hall–Kier alpha value is -1.72. The van der Waals surface area contributed by atoms with Crippen LogP contribution in [0, 0.1) is 5.41 Å². The van der Waals surface area contributed by atoms with Crippen LogP contribution < -0.4 is 4.74 Å². The van der Waals surface area contributed by atoms with E-state index in [1.54, 1.807) is 13.8 Å². The number of ether oxygens (including phenoxy) is 1. The molecule has 0 aromatic heterocycles. The first-order valence-corrected chi connectivity index (χ1v) is 6.66. The Morgan fingerprint density at radius 1 is 1.14 bits per heavy atom. The molecule has 0 spiro atoms. The van der Waals surface area contributed by atoms with E-state index in [0.717, 1.165) is 12.1 Å². The van der Waals surface area contributed by atoms with Gasteiger partial charge in [-0.25, -0.2) is 0 Å². The Morgan fingerprint density at radius 3 is 2.19 bits per heavy atom. The first-order chi connectivity index (χ1) is 9.63. The molecule has 0 bridgehead atoms. The zero-order valence-electron chi connectivity index (χ0n) is 12.0. The number of carboxylic acids is 1. The number of halogens is 3. The number of benzene rings is 1. The van der Waals surface area contributed by atoms with Gasteiger partial charge in [0.05, 0.1) is 17.6 Å². The normalized spacial score (nSPS) is 12.2. The van der Waals surface area contributed by atoms with E-state index in [2.05, 4.69) is 0 Å². The van der Waals surface area contributed by atoms with Crippen LogP contribution in [-0.2, 0) is 11.0 Å².